The summed E-state index contributed by atoms with van der Waals surface area (Å²) in [5.41, 5.74) is 2.35. The second-order valence-corrected chi connectivity index (χ2v) is 9.96. The number of hydrogen-bond donors (Lipinski definition) is 1. The number of nitrogens with one attached hydrogen (secondary N) is 1. The van der Waals surface area contributed by atoms with Crippen molar-refractivity contribution in [1.29, 1.82) is 0 Å². The van der Waals surface area contributed by atoms with E-state index in [2.05, 4.69) is 10.3 Å². The summed E-state index contributed by atoms with van der Waals surface area (Å²) in [6.07, 6.45) is 4.25. The van der Waals surface area contributed by atoms with Crippen LogP contribution in [0.1, 0.15) is 29.1 Å². The molecule has 0 aliphatic heterocycles. The number of carbonyl (C=O) groups excluding carboxylic acids is 1. The Kier molecular flexibility index (Phi) is 6.46. The number of carbonyl (C=O) groups is 1. The molecule has 0 bridgehead atoms. The van der Waals surface area contributed by atoms with Crippen molar-refractivity contribution in [3.8, 4) is 5.75 Å². The van der Waals surface area contributed by atoms with E-state index >= 15 is 0 Å². The number of fused-ring (bicyclic) bond motifs is 3. The van der Waals surface area contributed by atoms with E-state index in [0.29, 0.717) is 22.9 Å². The van der Waals surface area contributed by atoms with Crippen molar-refractivity contribution in [2.45, 2.75) is 37.2 Å². The number of hydrogen-bond acceptors (Lipinski definition) is 6. The molecule has 0 saturated carbocycles. The molecule has 0 saturated heterocycles. The molecule has 33 heavy (non-hydrogen) atoms. The first kappa shape index (κ1) is 21.7. The van der Waals surface area contributed by atoms with Gasteiger partial charge in [-0.3, -0.25) is 14.0 Å². The lowest BCUT2D eigenvalue weighted by Gasteiger charge is -2.10. The number of aromatic nitrogens is 2. The largest absolute Gasteiger partial charge is 0.487 e. The number of rotatable bonds is 7. The van der Waals surface area contributed by atoms with Crippen molar-refractivity contribution in [3.63, 3.8) is 0 Å². The highest BCUT2D eigenvalue weighted by atomic mass is 32.2. The molecule has 8 heteroatoms. The Morgan fingerprint density at radius 2 is 1.94 bits per heavy atom. The van der Waals surface area contributed by atoms with Crippen LogP contribution in [0.5, 0.6) is 5.75 Å². The molecule has 0 unspecified atom stereocenters. The third-order valence-corrected chi connectivity index (χ3v) is 7.59. The van der Waals surface area contributed by atoms with Gasteiger partial charge in [-0.2, -0.15) is 0 Å². The second kappa shape index (κ2) is 9.80. The maximum Gasteiger partial charge on any atom is 0.259 e. The number of thiazole rings is 1. The Hall–Kier alpha value is -3.10. The first-order valence-electron chi connectivity index (χ1n) is 10.9. The van der Waals surface area contributed by atoms with Crippen molar-refractivity contribution in [2.75, 3.05) is 11.1 Å². The molecule has 0 atom stereocenters. The summed E-state index contributed by atoms with van der Waals surface area (Å²) in [4.78, 5) is 32.7. The monoisotopic (exact) mass is 477 g/mol. The molecule has 4 aromatic rings. The van der Waals surface area contributed by atoms with Crippen LogP contribution in [0.4, 0.5) is 5.69 Å². The van der Waals surface area contributed by atoms with Gasteiger partial charge in [0.15, 0.2) is 4.96 Å². The quantitative estimate of drug-likeness (QED) is 0.382. The summed E-state index contributed by atoms with van der Waals surface area (Å²) >= 11 is 3.10. The van der Waals surface area contributed by atoms with Crippen LogP contribution < -0.4 is 15.6 Å². The van der Waals surface area contributed by atoms with Crippen LogP contribution in [-0.4, -0.2) is 21.0 Å². The number of amides is 1. The van der Waals surface area contributed by atoms with Gasteiger partial charge in [-0.25, -0.2) is 4.98 Å². The van der Waals surface area contributed by atoms with E-state index < -0.39 is 0 Å². The highest BCUT2D eigenvalue weighted by Crippen LogP contribution is 2.28. The molecule has 1 amide bonds. The lowest BCUT2D eigenvalue weighted by Crippen LogP contribution is -2.18. The van der Waals surface area contributed by atoms with Crippen LogP contribution in [0.3, 0.4) is 0 Å². The molecule has 2 aromatic heterocycles. The average Bonchev–Trinajstić information content (AvgIpc) is 3.21. The minimum atomic E-state index is -0.0807. The second-order valence-electron chi connectivity index (χ2n) is 7.85. The number of nitrogens with zero attached hydrogens (tertiary/aromatic N) is 2. The smallest absolute Gasteiger partial charge is 0.259 e. The summed E-state index contributed by atoms with van der Waals surface area (Å²) < 4.78 is 7.64. The molecule has 6 nitrogen and oxygen atoms in total. The summed E-state index contributed by atoms with van der Waals surface area (Å²) in [5, 5.41) is 2.90. The lowest BCUT2D eigenvalue weighted by atomic mass is 10.0. The van der Waals surface area contributed by atoms with Gasteiger partial charge in [0.2, 0.25) is 5.91 Å². The first-order chi connectivity index (χ1) is 16.2. The van der Waals surface area contributed by atoms with Crippen molar-refractivity contribution >= 4 is 39.7 Å². The zero-order valence-corrected chi connectivity index (χ0v) is 19.6. The fraction of sp³-hybridized carbons (Fsp3) is 0.240. The Bertz CT molecular complexity index is 1350. The van der Waals surface area contributed by atoms with Gasteiger partial charge in [-0.15, -0.1) is 23.1 Å². The average molecular weight is 478 g/mol. The molecule has 0 spiro atoms. The van der Waals surface area contributed by atoms with E-state index in [9.17, 15) is 9.59 Å². The summed E-state index contributed by atoms with van der Waals surface area (Å²) in [6.45, 7) is 0.190. The minimum Gasteiger partial charge on any atom is -0.487 e. The first-order valence-corrected chi connectivity index (χ1v) is 12.7. The number of aryl methyl sites for hydroxylation is 2. The third kappa shape index (κ3) is 5.12. The van der Waals surface area contributed by atoms with E-state index in [1.807, 2.05) is 48.5 Å². The molecule has 2 aromatic carbocycles. The van der Waals surface area contributed by atoms with Crippen LogP contribution in [0, 0.1) is 0 Å². The van der Waals surface area contributed by atoms with E-state index in [0.717, 1.165) is 34.8 Å². The molecule has 1 aliphatic carbocycles. The van der Waals surface area contributed by atoms with Crippen molar-refractivity contribution < 1.29 is 9.53 Å². The van der Waals surface area contributed by atoms with Crippen LogP contribution in [0.2, 0.25) is 0 Å². The number of benzene rings is 2. The minimum absolute atomic E-state index is 0.0464. The number of ether oxygens (including phenoxy) is 1. The standard InChI is InChI=1S/C25H23N3O3S2/c29-23(16-32-20-9-2-1-3-10-20)26-17-7-6-8-19(13-17)31-15-18-14-24(30)28-21-11-4-5-12-22(21)33-25(28)27-18/h1-3,6-10,13-14H,4-5,11-12,15-16H2,(H,26,29). The van der Waals surface area contributed by atoms with Crippen molar-refractivity contribution in [1.82, 2.24) is 9.38 Å². The van der Waals surface area contributed by atoms with Gasteiger partial charge in [0, 0.05) is 33.3 Å². The molecule has 168 valence electrons. The normalized spacial score (nSPS) is 13.0. The molecular weight excluding hydrogens is 454 g/mol. The fourth-order valence-electron chi connectivity index (χ4n) is 3.90. The van der Waals surface area contributed by atoms with Crippen molar-refractivity contribution in [3.05, 3.63) is 87.3 Å². The zero-order valence-electron chi connectivity index (χ0n) is 18.0. The summed E-state index contributed by atoms with van der Waals surface area (Å²) in [6, 6.07) is 18.6. The molecular formula is C25H23N3O3S2. The van der Waals surface area contributed by atoms with Crippen molar-refractivity contribution in [2.24, 2.45) is 0 Å². The molecule has 0 fully saturated rings. The third-order valence-electron chi connectivity index (χ3n) is 5.43. The molecule has 1 aliphatic rings. The highest BCUT2D eigenvalue weighted by Gasteiger charge is 2.18. The lowest BCUT2D eigenvalue weighted by molar-refractivity contribution is -0.113. The molecule has 5 rings (SSSR count). The predicted molar refractivity (Wildman–Crippen MR) is 133 cm³/mol. The van der Waals surface area contributed by atoms with Gasteiger partial charge >= 0.3 is 0 Å². The molecule has 0 radical (unpaired) electrons. The predicted octanol–water partition coefficient (Wildman–Crippen LogP) is 4.94. The van der Waals surface area contributed by atoms with Gasteiger partial charge in [-0.1, -0.05) is 24.3 Å². The summed E-state index contributed by atoms with van der Waals surface area (Å²) in [7, 11) is 0. The Morgan fingerprint density at radius 1 is 1.09 bits per heavy atom. The van der Waals surface area contributed by atoms with E-state index in [1.165, 1.54) is 23.1 Å². The van der Waals surface area contributed by atoms with Crippen LogP contribution in [0.15, 0.2) is 70.4 Å². The Balaban J connectivity index is 1.22. The number of anilines is 1. The Morgan fingerprint density at radius 3 is 2.82 bits per heavy atom. The summed E-state index contributed by atoms with van der Waals surface area (Å²) in [5.74, 6) is 0.854. The van der Waals surface area contributed by atoms with Crippen LogP contribution in [0.25, 0.3) is 4.96 Å². The maximum atomic E-state index is 12.7. The SMILES string of the molecule is O=C(CSc1ccccc1)Nc1cccc(OCc2cc(=O)n3c4c(sc3n2)CCCC4)c1. The highest BCUT2D eigenvalue weighted by molar-refractivity contribution is 8.00. The van der Waals surface area contributed by atoms with Gasteiger partial charge in [-0.05, 0) is 49.9 Å². The van der Waals surface area contributed by atoms with Crippen LogP contribution >= 0.6 is 23.1 Å². The van der Waals surface area contributed by atoms with E-state index in [4.69, 9.17) is 4.74 Å². The van der Waals surface area contributed by atoms with E-state index in [1.54, 1.807) is 27.9 Å². The maximum absolute atomic E-state index is 12.7. The van der Waals surface area contributed by atoms with E-state index in [-0.39, 0.29) is 18.1 Å². The Labute approximate surface area is 199 Å². The topological polar surface area (TPSA) is 72.7 Å². The van der Waals surface area contributed by atoms with Gasteiger partial charge in [0.25, 0.3) is 5.56 Å². The van der Waals surface area contributed by atoms with Gasteiger partial charge in [0.1, 0.15) is 12.4 Å². The number of thioether (sulfide) groups is 1. The molecule has 2 heterocycles. The zero-order chi connectivity index (χ0) is 22.6. The van der Waals surface area contributed by atoms with Gasteiger partial charge < -0.3 is 10.1 Å². The van der Waals surface area contributed by atoms with Crippen LogP contribution in [-0.2, 0) is 24.2 Å². The van der Waals surface area contributed by atoms with Gasteiger partial charge in [0.05, 0.1) is 11.4 Å². The molecule has 1 N–H and O–H groups in total. The fourth-order valence-corrected chi connectivity index (χ4v) is 5.85.